The second-order valence-electron chi connectivity index (χ2n) is 5.36. The van der Waals surface area contributed by atoms with Crippen LogP contribution in [-0.2, 0) is 4.79 Å². The summed E-state index contributed by atoms with van der Waals surface area (Å²) in [6, 6.07) is 4.26. The van der Waals surface area contributed by atoms with Crippen LogP contribution in [0.2, 0.25) is 0 Å². The molecule has 1 aromatic rings. The Morgan fingerprint density at radius 3 is 2.79 bits per heavy atom. The van der Waals surface area contributed by atoms with Gasteiger partial charge in [0.15, 0.2) is 0 Å². The molecular weight excluding hydrogens is 238 g/mol. The fraction of sp³-hybridized carbons (Fsp3) is 0.467. The van der Waals surface area contributed by atoms with Crippen molar-refractivity contribution in [2.75, 3.05) is 6.54 Å². The minimum atomic E-state index is -0.0302. The molecule has 4 heteroatoms. The molecule has 0 spiro atoms. The van der Waals surface area contributed by atoms with Crippen molar-refractivity contribution >= 4 is 5.91 Å². The number of carbonyl (C=O) groups excluding carboxylic acids is 1. The van der Waals surface area contributed by atoms with Gasteiger partial charge in [-0.3, -0.25) is 9.78 Å². The van der Waals surface area contributed by atoms with Gasteiger partial charge in [0.1, 0.15) is 0 Å². The molecule has 3 unspecified atom stereocenters. The van der Waals surface area contributed by atoms with E-state index >= 15 is 0 Å². The summed E-state index contributed by atoms with van der Waals surface area (Å²) in [5.74, 6) is 0.195. The van der Waals surface area contributed by atoms with E-state index in [1.54, 1.807) is 12.4 Å². The lowest BCUT2D eigenvalue weighted by molar-refractivity contribution is -0.135. The van der Waals surface area contributed by atoms with Crippen molar-refractivity contribution in [1.82, 2.24) is 9.88 Å². The average molecular weight is 257 g/mol. The first-order chi connectivity index (χ1) is 9.25. The molecule has 19 heavy (non-hydrogen) atoms. The highest BCUT2D eigenvalue weighted by molar-refractivity contribution is 5.82. The zero-order valence-corrected chi connectivity index (χ0v) is 10.9. The lowest BCUT2D eigenvalue weighted by Gasteiger charge is -2.27. The molecule has 1 saturated heterocycles. The highest BCUT2D eigenvalue weighted by Crippen LogP contribution is 2.34. The SMILES string of the molecule is NC1C=CC(C(=O)N2CCCC2c2ccncc2)C1. The first-order valence-corrected chi connectivity index (χ1v) is 6.90. The van der Waals surface area contributed by atoms with E-state index in [9.17, 15) is 4.79 Å². The van der Waals surface area contributed by atoms with Gasteiger partial charge in [-0.05, 0) is 37.0 Å². The van der Waals surface area contributed by atoms with E-state index in [0.29, 0.717) is 0 Å². The summed E-state index contributed by atoms with van der Waals surface area (Å²) in [6.07, 6.45) is 10.4. The minimum Gasteiger partial charge on any atom is -0.335 e. The molecule has 1 fully saturated rings. The molecule has 0 saturated carbocycles. The lowest BCUT2D eigenvalue weighted by Crippen LogP contribution is -2.35. The van der Waals surface area contributed by atoms with Crippen LogP contribution in [0, 0.1) is 5.92 Å². The van der Waals surface area contributed by atoms with E-state index in [2.05, 4.69) is 4.98 Å². The Balaban J connectivity index is 1.77. The maximum absolute atomic E-state index is 12.6. The van der Waals surface area contributed by atoms with Crippen molar-refractivity contribution in [3.63, 3.8) is 0 Å². The summed E-state index contributed by atoms with van der Waals surface area (Å²) in [6.45, 7) is 0.853. The first kappa shape index (κ1) is 12.4. The van der Waals surface area contributed by atoms with Gasteiger partial charge in [-0.25, -0.2) is 0 Å². The van der Waals surface area contributed by atoms with E-state index in [1.807, 2.05) is 29.2 Å². The minimum absolute atomic E-state index is 0.0302. The number of pyridine rings is 1. The third kappa shape index (κ3) is 2.40. The van der Waals surface area contributed by atoms with Crippen molar-refractivity contribution < 1.29 is 4.79 Å². The maximum Gasteiger partial charge on any atom is 0.230 e. The van der Waals surface area contributed by atoms with E-state index in [4.69, 9.17) is 5.73 Å². The first-order valence-electron chi connectivity index (χ1n) is 6.90. The number of nitrogens with two attached hydrogens (primary N) is 1. The van der Waals surface area contributed by atoms with Crippen molar-refractivity contribution in [3.05, 3.63) is 42.2 Å². The van der Waals surface area contributed by atoms with E-state index < -0.39 is 0 Å². The standard InChI is InChI=1S/C15H19N3O/c16-13-4-3-12(10-13)15(19)18-9-1-2-14(18)11-5-7-17-8-6-11/h3-8,12-14H,1-2,9-10,16H2. The Kier molecular flexibility index (Phi) is 3.34. The smallest absolute Gasteiger partial charge is 0.230 e. The van der Waals surface area contributed by atoms with Crippen LogP contribution in [-0.4, -0.2) is 28.4 Å². The van der Waals surface area contributed by atoms with Gasteiger partial charge < -0.3 is 10.6 Å². The quantitative estimate of drug-likeness (QED) is 0.819. The summed E-state index contributed by atoms with van der Waals surface area (Å²) < 4.78 is 0. The van der Waals surface area contributed by atoms with Gasteiger partial charge in [-0.2, -0.15) is 0 Å². The fourth-order valence-corrected chi connectivity index (χ4v) is 3.09. The Hall–Kier alpha value is -1.68. The van der Waals surface area contributed by atoms with Crippen LogP contribution in [0.25, 0.3) is 0 Å². The van der Waals surface area contributed by atoms with Crippen LogP contribution in [0.1, 0.15) is 30.9 Å². The molecule has 0 aromatic carbocycles. The molecule has 0 bridgehead atoms. The Morgan fingerprint density at radius 2 is 2.11 bits per heavy atom. The maximum atomic E-state index is 12.6. The molecule has 0 radical (unpaired) electrons. The van der Waals surface area contributed by atoms with Crippen molar-refractivity contribution in [3.8, 4) is 0 Å². The topological polar surface area (TPSA) is 59.2 Å². The average Bonchev–Trinajstić information content (AvgIpc) is 3.07. The number of hydrogen-bond donors (Lipinski definition) is 1. The van der Waals surface area contributed by atoms with Crippen molar-refractivity contribution in [1.29, 1.82) is 0 Å². The third-order valence-electron chi connectivity index (χ3n) is 4.06. The summed E-state index contributed by atoms with van der Waals surface area (Å²) in [4.78, 5) is 18.6. The summed E-state index contributed by atoms with van der Waals surface area (Å²) in [5, 5.41) is 0. The summed E-state index contributed by atoms with van der Waals surface area (Å²) in [5.41, 5.74) is 7.03. The van der Waals surface area contributed by atoms with Gasteiger partial charge >= 0.3 is 0 Å². The van der Waals surface area contributed by atoms with E-state index in [0.717, 1.165) is 25.8 Å². The zero-order chi connectivity index (χ0) is 13.2. The summed E-state index contributed by atoms with van der Waals surface area (Å²) in [7, 11) is 0. The van der Waals surface area contributed by atoms with Crippen LogP contribution in [0.5, 0.6) is 0 Å². The third-order valence-corrected chi connectivity index (χ3v) is 4.06. The molecule has 3 atom stereocenters. The molecular formula is C15H19N3O. The van der Waals surface area contributed by atoms with E-state index in [-0.39, 0.29) is 23.9 Å². The normalized spacial score (nSPS) is 29.9. The number of amides is 1. The van der Waals surface area contributed by atoms with Gasteiger partial charge in [0, 0.05) is 25.0 Å². The zero-order valence-electron chi connectivity index (χ0n) is 10.9. The molecule has 4 nitrogen and oxygen atoms in total. The number of hydrogen-bond acceptors (Lipinski definition) is 3. The Morgan fingerprint density at radius 1 is 1.32 bits per heavy atom. The highest BCUT2D eigenvalue weighted by atomic mass is 16.2. The molecule has 100 valence electrons. The van der Waals surface area contributed by atoms with Gasteiger partial charge in [-0.15, -0.1) is 0 Å². The van der Waals surface area contributed by atoms with Crippen molar-refractivity contribution in [2.24, 2.45) is 11.7 Å². The highest BCUT2D eigenvalue weighted by Gasteiger charge is 2.34. The van der Waals surface area contributed by atoms with E-state index in [1.165, 1.54) is 5.56 Å². The van der Waals surface area contributed by atoms with Crippen LogP contribution in [0.4, 0.5) is 0 Å². The fourth-order valence-electron chi connectivity index (χ4n) is 3.09. The Labute approximate surface area is 113 Å². The van der Waals surface area contributed by atoms with Crippen LogP contribution < -0.4 is 5.73 Å². The van der Waals surface area contributed by atoms with Gasteiger partial charge in [0.25, 0.3) is 0 Å². The monoisotopic (exact) mass is 257 g/mol. The van der Waals surface area contributed by atoms with Gasteiger partial charge in [-0.1, -0.05) is 12.2 Å². The van der Waals surface area contributed by atoms with Crippen LogP contribution >= 0.6 is 0 Å². The van der Waals surface area contributed by atoms with Crippen LogP contribution in [0.3, 0.4) is 0 Å². The largest absolute Gasteiger partial charge is 0.335 e. The number of aromatic nitrogens is 1. The number of rotatable bonds is 2. The number of likely N-dealkylation sites (tertiary alicyclic amines) is 1. The molecule has 1 aliphatic carbocycles. The second-order valence-corrected chi connectivity index (χ2v) is 5.36. The molecule has 2 aliphatic rings. The lowest BCUT2D eigenvalue weighted by atomic mass is 10.0. The molecule has 2 heterocycles. The van der Waals surface area contributed by atoms with Crippen LogP contribution in [0.15, 0.2) is 36.7 Å². The second kappa shape index (κ2) is 5.13. The molecule has 3 rings (SSSR count). The molecule has 2 N–H and O–H groups in total. The number of nitrogens with zero attached hydrogens (tertiary/aromatic N) is 2. The summed E-state index contributed by atoms with van der Waals surface area (Å²) >= 11 is 0. The molecule has 1 aliphatic heterocycles. The van der Waals surface area contributed by atoms with Crippen molar-refractivity contribution in [2.45, 2.75) is 31.3 Å². The number of carbonyl (C=O) groups is 1. The van der Waals surface area contributed by atoms with Gasteiger partial charge in [0.05, 0.1) is 12.0 Å². The molecule has 1 aromatic heterocycles. The predicted octanol–water partition coefficient (Wildman–Crippen LogP) is 1.65. The van der Waals surface area contributed by atoms with Gasteiger partial charge in [0.2, 0.25) is 5.91 Å². The molecule has 1 amide bonds. The predicted molar refractivity (Wildman–Crippen MR) is 73.1 cm³/mol. The Bertz CT molecular complexity index is 485.